The Morgan fingerprint density at radius 2 is 2.16 bits per heavy atom. The fourth-order valence-electron chi connectivity index (χ4n) is 1.93. The summed E-state index contributed by atoms with van der Waals surface area (Å²) in [7, 11) is 0. The van der Waals surface area contributed by atoms with Crippen molar-refractivity contribution in [2.75, 3.05) is 0 Å². The van der Waals surface area contributed by atoms with Crippen LogP contribution in [-0.4, -0.2) is 9.36 Å². The van der Waals surface area contributed by atoms with Crippen molar-refractivity contribution in [1.29, 1.82) is 0 Å². The lowest BCUT2D eigenvalue weighted by atomic mass is 10.0. The van der Waals surface area contributed by atoms with Gasteiger partial charge >= 0.3 is 0 Å². The van der Waals surface area contributed by atoms with Gasteiger partial charge in [0.2, 0.25) is 0 Å². The number of rotatable bonds is 4. The molecule has 0 radical (unpaired) electrons. The highest BCUT2D eigenvalue weighted by molar-refractivity contribution is 9.10. The number of hydrogen-bond acceptors (Lipinski definition) is 4. The van der Waals surface area contributed by atoms with Crippen LogP contribution in [0.2, 0.25) is 0 Å². The summed E-state index contributed by atoms with van der Waals surface area (Å²) >= 11 is 4.84. The van der Waals surface area contributed by atoms with Crippen molar-refractivity contribution in [2.24, 2.45) is 0 Å². The molecule has 1 aromatic heterocycles. The predicted octanol–water partition coefficient (Wildman–Crippen LogP) is 5.09. The summed E-state index contributed by atoms with van der Waals surface area (Å²) in [5.41, 5.74) is 1.18. The second-order valence-electron chi connectivity index (χ2n) is 5.13. The van der Waals surface area contributed by atoms with E-state index in [0.29, 0.717) is 17.0 Å². The highest BCUT2D eigenvalue weighted by Crippen LogP contribution is 2.40. The lowest BCUT2D eigenvalue weighted by molar-refractivity contribution is 0.468. The SMILES string of the molecule is CC(C)c1cc(Br)ccc1Oc1nc(C2CC2)ns1. The van der Waals surface area contributed by atoms with Crippen LogP contribution in [-0.2, 0) is 0 Å². The van der Waals surface area contributed by atoms with Gasteiger partial charge in [-0.2, -0.15) is 9.36 Å². The molecule has 0 unspecified atom stereocenters. The summed E-state index contributed by atoms with van der Waals surface area (Å²) in [5, 5.41) is 0.645. The third-order valence-electron chi connectivity index (χ3n) is 3.16. The Kier molecular flexibility index (Phi) is 3.58. The van der Waals surface area contributed by atoms with Crippen LogP contribution in [0.15, 0.2) is 22.7 Å². The quantitative estimate of drug-likeness (QED) is 0.778. The van der Waals surface area contributed by atoms with Gasteiger partial charge in [-0.05, 0) is 42.5 Å². The third-order valence-corrected chi connectivity index (χ3v) is 4.26. The average Bonchev–Trinajstić information content (AvgIpc) is 3.12. The fourth-order valence-corrected chi connectivity index (χ4v) is 2.93. The van der Waals surface area contributed by atoms with Crippen LogP contribution in [0.25, 0.3) is 0 Å². The Balaban J connectivity index is 1.84. The molecule has 2 aromatic rings. The van der Waals surface area contributed by atoms with E-state index in [4.69, 9.17) is 4.74 Å². The second-order valence-corrected chi connectivity index (χ2v) is 6.76. The van der Waals surface area contributed by atoms with E-state index < -0.39 is 0 Å². The van der Waals surface area contributed by atoms with Crippen molar-refractivity contribution in [3.8, 4) is 10.9 Å². The Labute approximate surface area is 125 Å². The van der Waals surface area contributed by atoms with Gasteiger partial charge in [-0.1, -0.05) is 29.8 Å². The van der Waals surface area contributed by atoms with E-state index in [1.807, 2.05) is 12.1 Å². The molecule has 0 saturated heterocycles. The van der Waals surface area contributed by atoms with Crippen LogP contribution in [0.1, 0.15) is 49.9 Å². The zero-order chi connectivity index (χ0) is 13.4. The van der Waals surface area contributed by atoms with Crippen molar-refractivity contribution in [1.82, 2.24) is 9.36 Å². The van der Waals surface area contributed by atoms with E-state index in [-0.39, 0.29) is 0 Å². The van der Waals surface area contributed by atoms with E-state index >= 15 is 0 Å². The molecular weight excluding hydrogens is 324 g/mol. The van der Waals surface area contributed by atoms with Crippen molar-refractivity contribution in [3.05, 3.63) is 34.1 Å². The molecule has 1 aromatic carbocycles. The molecular formula is C14H15BrN2OS. The van der Waals surface area contributed by atoms with E-state index in [1.54, 1.807) is 0 Å². The summed E-state index contributed by atoms with van der Waals surface area (Å²) in [6, 6.07) is 6.07. The molecule has 1 heterocycles. The molecule has 0 aliphatic heterocycles. The van der Waals surface area contributed by atoms with Crippen molar-refractivity contribution in [3.63, 3.8) is 0 Å². The normalized spacial score (nSPS) is 14.9. The molecule has 0 N–H and O–H groups in total. The van der Waals surface area contributed by atoms with Gasteiger partial charge in [0.1, 0.15) is 11.6 Å². The van der Waals surface area contributed by atoms with Gasteiger partial charge in [0.05, 0.1) is 0 Å². The Morgan fingerprint density at radius 3 is 2.84 bits per heavy atom. The molecule has 0 amide bonds. The molecule has 1 saturated carbocycles. The predicted molar refractivity (Wildman–Crippen MR) is 80.2 cm³/mol. The molecule has 1 aliphatic carbocycles. The standard InChI is InChI=1S/C14H15BrN2OS/c1-8(2)11-7-10(15)5-6-12(11)18-14-16-13(17-19-14)9-3-4-9/h5-9H,3-4H2,1-2H3. The first kappa shape index (κ1) is 13.1. The molecule has 0 spiro atoms. The number of nitrogens with zero attached hydrogens (tertiary/aromatic N) is 2. The Bertz CT molecular complexity index is 593. The molecule has 3 rings (SSSR count). The zero-order valence-electron chi connectivity index (χ0n) is 10.9. The van der Waals surface area contributed by atoms with Crippen molar-refractivity contribution < 1.29 is 4.74 Å². The van der Waals surface area contributed by atoms with Crippen molar-refractivity contribution in [2.45, 2.75) is 38.5 Å². The van der Waals surface area contributed by atoms with Crippen LogP contribution < -0.4 is 4.74 Å². The summed E-state index contributed by atoms with van der Waals surface area (Å²) < 4.78 is 11.3. The summed E-state index contributed by atoms with van der Waals surface area (Å²) in [5.74, 6) is 2.80. The lowest BCUT2D eigenvalue weighted by Crippen LogP contribution is -1.94. The maximum atomic E-state index is 5.91. The van der Waals surface area contributed by atoms with Gasteiger partial charge < -0.3 is 4.74 Å². The molecule has 19 heavy (non-hydrogen) atoms. The van der Waals surface area contributed by atoms with E-state index in [0.717, 1.165) is 16.0 Å². The van der Waals surface area contributed by atoms with E-state index in [2.05, 4.69) is 45.2 Å². The molecule has 100 valence electrons. The van der Waals surface area contributed by atoms with Gasteiger partial charge in [0.15, 0.2) is 0 Å². The van der Waals surface area contributed by atoms with Crippen molar-refractivity contribution >= 4 is 27.5 Å². The lowest BCUT2D eigenvalue weighted by Gasteiger charge is -2.12. The number of aromatic nitrogens is 2. The van der Waals surface area contributed by atoms with Gasteiger partial charge in [-0.3, -0.25) is 0 Å². The average molecular weight is 339 g/mol. The minimum Gasteiger partial charge on any atom is -0.430 e. The fraction of sp³-hybridized carbons (Fsp3) is 0.429. The number of hydrogen-bond donors (Lipinski definition) is 0. The molecule has 0 atom stereocenters. The van der Waals surface area contributed by atoms with E-state index in [1.165, 1.54) is 29.9 Å². The van der Waals surface area contributed by atoms with Gasteiger partial charge in [0, 0.05) is 21.9 Å². The van der Waals surface area contributed by atoms with Crippen LogP contribution in [0.4, 0.5) is 0 Å². The van der Waals surface area contributed by atoms with Gasteiger partial charge in [-0.25, -0.2) is 0 Å². The maximum Gasteiger partial charge on any atom is 0.298 e. The third kappa shape index (κ3) is 2.98. The summed E-state index contributed by atoms with van der Waals surface area (Å²) in [4.78, 5) is 4.46. The van der Waals surface area contributed by atoms with Crippen LogP contribution in [0.5, 0.6) is 10.9 Å². The van der Waals surface area contributed by atoms with Gasteiger partial charge in [-0.15, -0.1) is 0 Å². The minimum absolute atomic E-state index is 0.406. The van der Waals surface area contributed by atoms with Crippen LogP contribution in [0, 0.1) is 0 Å². The largest absolute Gasteiger partial charge is 0.430 e. The van der Waals surface area contributed by atoms with Crippen LogP contribution >= 0.6 is 27.5 Å². The highest BCUT2D eigenvalue weighted by atomic mass is 79.9. The maximum absolute atomic E-state index is 5.91. The molecule has 1 fully saturated rings. The van der Waals surface area contributed by atoms with Gasteiger partial charge in [0.25, 0.3) is 5.19 Å². The summed E-state index contributed by atoms with van der Waals surface area (Å²) in [6.45, 7) is 4.31. The smallest absolute Gasteiger partial charge is 0.298 e. The summed E-state index contributed by atoms with van der Waals surface area (Å²) in [6.07, 6.45) is 2.43. The first-order valence-electron chi connectivity index (χ1n) is 6.44. The Hall–Kier alpha value is -0.940. The van der Waals surface area contributed by atoms with E-state index in [9.17, 15) is 0 Å². The molecule has 3 nitrogen and oxygen atoms in total. The molecule has 5 heteroatoms. The first-order valence-corrected chi connectivity index (χ1v) is 8.01. The molecule has 1 aliphatic rings. The topological polar surface area (TPSA) is 35.0 Å². The first-order chi connectivity index (χ1) is 9.13. The number of benzene rings is 1. The minimum atomic E-state index is 0.406. The van der Waals surface area contributed by atoms with Crippen LogP contribution in [0.3, 0.4) is 0 Å². The monoisotopic (exact) mass is 338 g/mol. The molecule has 0 bridgehead atoms. The highest BCUT2D eigenvalue weighted by Gasteiger charge is 2.28. The number of halogens is 1. The number of ether oxygens (including phenoxy) is 1. The second kappa shape index (κ2) is 5.21. The Morgan fingerprint density at radius 1 is 1.37 bits per heavy atom. The zero-order valence-corrected chi connectivity index (χ0v) is 13.3.